The van der Waals surface area contributed by atoms with Gasteiger partial charge in [-0.1, -0.05) is 31.2 Å². The SMILES string of the molecule is CCc1ccc(C(c2ccsc2)N2CCNCC2)cc1. The molecule has 2 heterocycles. The minimum absolute atomic E-state index is 0.411. The summed E-state index contributed by atoms with van der Waals surface area (Å²) < 4.78 is 0. The fourth-order valence-corrected chi connectivity index (χ4v) is 3.60. The number of hydrogen-bond donors (Lipinski definition) is 1. The molecule has 1 aliphatic heterocycles. The number of thiophene rings is 1. The predicted molar refractivity (Wildman–Crippen MR) is 86.4 cm³/mol. The van der Waals surface area contributed by atoms with Crippen molar-refractivity contribution >= 4 is 11.3 Å². The summed E-state index contributed by atoms with van der Waals surface area (Å²) in [6.07, 6.45) is 1.11. The summed E-state index contributed by atoms with van der Waals surface area (Å²) in [6.45, 7) is 6.63. The first-order valence-electron chi connectivity index (χ1n) is 7.44. The number of piperazine rings is 1. The molecule has 0 saturated carbocycles. The van der Waals surface area contributed by atoms with E-state index in [2.05, 4.69) is 58.2 Å². The van der Waals surface area contributed by atoms with E-state index in [1.807, 2.05) is 0 Å². The standard InChI is InChI=1S/C17H22N2S/c1-2-14-3-5-15(6-4-14)17(16-7-12-20-13-16)19-10-8-18-9-11-19/h3-7,12-13,17-18H,2,8-11H2,1H3. The van der Waals surface area contributed by atoms with Gasteiger partial charge in [0.25, 0.3) is 0 Å². The summed E-state index contributed by atoms with van der Waals surface area (Å²) in [6, 6.07) is 11.8. The topological polar surface area (TPSA) is 15.3 Å². The van der Waals surface area contributed by atoms with Crippen molar-refractivity contribution in [3.8, 4) is 0 Å². The molecule has 2 nitrogen and oxygen atoms in total. The Labute approximate surface area is 125 Å². The van der Waals surface area contributed by atoms with Crippen molar-refractivity contribution < 1.29 is 0 Å². The molecule has 0 radical (unpaired) electrons. The number of hydrogen-bond acceptors (Lipinski definition) is 3. The van der Waals surface area contributed by atoms with Gasteiger partial charge in [0.15, 0.2) is 0 Å². The van der Waals surface area contributed by atoms with Gasteiger partial charge in [0.05, 0.1) is 6.04 Å². The van der Waals surface area contributed by atoms with Crippen molar-refractivity contribution in [2.45, 2.75) is 19.4 Å². The van der Waals surface area contributed by atoms with Gasteiger partial charge < -0.3 is 5.32 Å². The minimum atomic E-state index is 0.411. The molecule has 2 aromatic rings. The van der Waals surface area contributed by atoms with E-state index in [0.29, 0.717) is 6.04 Å². The predicted octanol–water partition coefficient (Wildman–Crippen LogP) is 3.31. The lowest BCUT2D eigenvalue weighted by molar-refractivity contribution is 0.199. The Morgan fingerprint density at radius 1 is 1.10 bits per heavy atom. The molecule has 1 unspecified atom stereocenters. The molecule has 1 aromatic carbocycles. The maximum atomic E-state index is 3.45. The molecule has 0 amide bonds. The summed E-state index contributed by atoms with van der Waals surface area (Å²) in [5, 5.41) is 7.92. The Hall–Kier alpha value is -1.16. The second-order valence-electron chi connectivity index (χ2n) is 5.34. The molecule has 3 heteroatoms. The lowest BCUT2D eigenvalue weighted by Gasteiger charge is -2.35. The van der Waals surface area contributed by atoms with E-state index in [0.717, 1.165) is 32.6 Å². The molecule has 1 atom stereocenters. The largest absolute Gasteiger partial charge is 0.314 e. The molecule has 20 heavy (non-hydrogen) atoms. The number of benzene rings is 1. The van der Waals surface area contributed by atoms with Crippen LogP contribution >= 0.6 is 11.3 Å². The van der Waals surface area contributed by atoms with Crippen molar-refractivity contribution in [3.63, 3.8) is 0 Å². The van der Waals surface area contributed by atoms with Crippen molar-refractivity contribution in [1.29, 1.82) is 0 Å². The molecule has 1 aromatic heterocycles. The Morgan fingerprint density at radius 3 is 2.45 bits per heavy atom. The van der Waals surface area contributed by atoms with Crippen LogP contribution in [0.1, 0.15) is 29.7 Å². The molecular formula is C17H22N2S. The van der Waals surface area contributed by atoms with Crippen molar-refractivity contribution in [3.05, 3.63) is 57.8 Å². The van der Waals surface area contributed by atoms with E-state index in [1.54, 1.807) is 11.3 Å². The van der Waals surface area contributed by atoms with Gasteiger partial charge in [-0.15, -0.1) is 0 Å². The number of aryl methyl sites for hydroxylation is 1. The fourth-order valence-electron chi connectivity index (χ4n) is 2.92. The highest BCUT2D eigenvalue weighted by Crippen LogP contribution is 2.30. The Kier molecular flexibility index (Phi) is 4.51. The van der Waals surface area contributed by atoms with Crippen LogP contribution in [0.5, 0.6) is 0 Å². The molecule has 106 valence electrons. The first-order chi connectivity index (χ1) is 9.88. The molecule has 1 saturated heterocycles. The van der Waals surface area contributed by atoms with Crippen LogP contribution in [-0.2, 0) is 6.42 Å². The van der Waals surface area contributed by atoms with E-state index >= 15 is 0 Å². The summed E-state index contributed by atoms with van der Waals surface area (Å²) >= 11 is 1.79. The molecule has 0 aliphatic carbocycles. The molecule has 3 rings (SSSR count). The van der Waals surface area contributed by atoms with E-state index in [-0.39, 0.29) is 0 Å². The molecule has 1 aliphatic rings. The van der Waals surface area contributed by atoms with Crippen LogP contribution in [0.15, 0.2) is 41.1 Å². The van der Waals surface area contributed by atoms with E-state index in [9.17, 15) is 0 Å². The van der Waals surface area contributed by atoms with Crippen LogP contribution in [0.2, 0.25) is 0 Å². The zero-order valence-corrected chi connectivity index (χ0v) is 12.8. The van der Waals surface area contributed by atoms with Crippen LogP contribution in [0, 0.1) is 0 Å². The summed E-state index contributed by atoms with van der Waals surface area (Å²) in [5.74, 6) is 0. The monoisotopic (exact) mass is 286 g/mol. The second-order valence-corrected chi connectivity index (χ2v) is 6.12. The van der Waals surface area contributed by atoms with Crippen LogP contribution in [-0.4, -0.2) is 31.1 Å². The van der Waals surface area contributed by atoms with Crippen LogP contribution < -0.4 is 5.32 Å². The quantitative estimate of drug-likeness (QED) is 0.927. The third kappa shape index (κ3) is 2.95. The highest BCUT2D eigenvalue weighted by Gasteiger charge is 2.23. The van der Waals surface area contributed by atoms with Gasteiger partial charge >= 0.3 is 0 Å². The number of nitrogens with one attached hydrogen (secondary N) is 1. The van der Waals surface area contributed by atoms with Gasteiger partial charge in [-0.3, -0.25) is 4.90 Å². The zero-order chi connectivity index (χ0) is 13.8. The average Bonchev–Trinajstić information content (AvgIpc) is 3.03. The van der Waals surface area contributed by atoms with Crippen molar-refractivity contribution in [1.82, 2.24) is 10.2 Å². The summed E-state index contributed by atoms with van der Waals surface area (Å²) in [4.78, 5) is 2.60. The maximum absolute atomic E-state index is 3.45. The molecule has 1 N–H and O–H groups in total. The Morgan fingerprint density at radius 2 is 1.85 bits per heavy atom. The Balaban J connectivity index is 1.91. The number of rotatable bonds is 4. The highest BCUT2D eigenvalue weighted by atomic mass is 32.1. The van der Waals surface area contributed by atoms with Crippen LogP contribution in [0.25, 0.3) is 0 Å². The zero-order valence-electron chi connectivity index (χ0n) is 12.0. The van der Waals surface area contributed by atoms with Crippen LogP contribution in [0.3, 0.4) is 0 Å². The van der Waals surface area contributed by atoms with Crippen molar-refractivity contribution in [2.24, 2.45) is 0 Å². The third-order valence-electron chi connectivity index (χ3n) is 4.08. The van der Waals surface area contributed by atoms with Gasteiger partial charge in [-0.25, -0.2) is 0 Å². The fraction of sp³-hybridized carbons (Fsp3) is 0.412. The van der Waals surface area contributed by atoms with Gasteiger partial charge in [0.1, 0.15) is 0 Å². The lowest BCUT2D eigenvalue weighted by Crippen LogP contribution is -2.45. The van der Waals surface area contributed by atoms with E-state index < -0.39 is 0 Å². The molecule has 0 bridgehead atoms. The number of nitrogens with zero attached hydrogens (tertiary/aromatic N) is 1. The van der Waals surface area contributed by atoms with Gasteiger partial charge in [-0.05, 0) is 39.9 Å². The summed E-state index contributed by atoms with van der Waals surface area (Å²) in [7, 11) is 0. The molecule has 1 fully saturated rings. The average molecular weight is 286 g/mol. The van der Waals surface area contributed by atoms with Gasteiger partial charge in [0.2, 0.25) is 0 Å². The second kappa shape index (κ2) is 6.53. The molecule has 0 spiro atoms. The van der Waals surface area contributed by atoms with Gasteiger partial charge in [-0.2, -0.15) is 11.3 Å². The molecular weight excluding hydrogens is 264 g/mol. The first-order valence-corrected chi connectivity index (χ1v) is 8.38. The van der Waals surface area contributed by atoms with E-state index in [1.165, 1.54) is 16.7 Å². The van der Waals surface area contributed by atoms with E-state index in [4.69, 9.17) is 0 Å². The maximum Gasteiger partial charge on any atom is 0.0610 e. The van der Waals surface area contributed by atoms with Gasteiger partial charge in [0, 0.05) is 26.2 Å². The minimum Gasteiger partial charge on any atom is -0.314 e. The Bertz CT molecular complexity index is 512. The lowest BCUT2D eigenvalue weighted by atomic mass is 9.97. The van der Waals surface area contributed by atoms with Crippen LogP contribution in [0.4, 0.5) is 0 Å². The smallest absolute Gasteiger partial charge is 0.0610 e. The van der Waals surface area contributed by atoms with Crippen molar-refractivity contribution in [2.75, 3.05) is 26.2 Å². The third-order valence-corrected chi connectivity index (χ3v) is 4.78. The summed E-state index contributed by atoms with van der Waals surface area (Å²) in [5.41, 5.74) is 4.27. The first kappa shape index (κ1) is 13.8. The normalized spacial score (nSPS) is 18.1. The highest BCUT2D eigenvalue weighted by molar-refractivity contribution is 7.08.